The summed E-state index contributed by atoms with van der Waals surface area (Å²) in [6.45, 7) is 6.47. The molecule has 2 aromatic rings. The van der Waals surface area contributed by atoms with Gasteiger partial charge in [0.2, 0.25) is 0 Å². The van der Waals surface area contributed by atoms with Crippen LogP contribution in [0.4, 0.5) is 0 Å². The summed E-state index contributed by atoms with van der Waals surface area (Å²) in [5.74, 6) is 1.36. The molecule has 106 valence electrons. The van der Waals surface area contributed by atoms with Crippen LogP contribution in [0.25, 0.3) is 0 Å². The minimum Gasteiger partial charge on any atom is -0.236 e. The largest absolute Gasteiger partial charge is 0.236 e. The number of aryl methyl sites for hydroxylation is 1. The van der Waals surface area contributed by atoms with Crippen molar-refractivity contribution >= 4 is 34.2 Å². The molecular formula is C16H18ClIN2. The first-order valence-electron chi connectivity index (χ1n) is 6.72. The Morgan fingerprint density at radius 1 is 1.25 bits per heavy atom. The van der Waals surface area contributed by atoms with Crippen molar-refractivity contribution in [1.82, 2.24) is 9.97 Å². The number of benzene rings is 1. The van der Waals surface area contributed by atoms with Gasteiger partial charge in [0.1, 0.15) is 11.0 Å². The predicted octanol–water partition coefficient (Wildman–Crippen LogP) is 4.83. The predicted molar refractivity (Wildman–Crippen MR) is 92.3 cm³/mol. The van der Waals surface area contributed by atoms with Gasteiger partial charge in [-0.2, -0.15) is 0 Å². The van der Waals surface area contributed by atoms with E-state index in [9.17, 15) is 0 Å². The molecule has 0 aliphatic heterocycles. The van der Waals surface area contributed by atoms with Crippen LogP contribution in [0.3, 0.4) is 0 Å². The van der Waals surface area contributed by atoms with Crippen molar-refractivity contribution in [2.24, 2.45) is 5.92 Å². The van der Waals surface area contributed by atoms with Gasteiger partial charge in [-0.15, -0.1) is 0 Å². The monoisotopic (exact) mass is 400 g/mol. The van der Waals surface area contributed by atoms with Crippen molar-refractivity contribution in [2.75, 3.05) is 0 Å². The highest BCUT2D eigenvalue weighted by molar-refractivity contribution is 14.1. The van der Waals surface area contributed by atoms with Gasteiger partial charge in [-0.05, 0) is 47.4 Å². The molecule has 2 rings (SSSR count). The summed E-state index contributed by atoms with van der Waals surface area (Å²) < 4.78 is 0.978. The van der Waals surface area contributed by atoms with Crippen molar-refractivity contribution in [2.45, 2.75) is 33.6 Å². The molecule has 0 atom stereocenters. The van der Waals surface area contributed by atoms with Gasteiger partial charge in [-0.3, -0.25) is 0 Å². The van der Waals surface area contributed by atoms with E-state index in [4.69, 9.17) is 16.6 Å². The summed E-state index contributed by atoms with van der Waals surface area (Å²) in [6.07, 6.45) is 1.66. The Kier molecular flexibility index (Phi) is 5.38. The van der Waals surface area contributed by atoms with Gasteiger partial charge in [0.15, 0.2) is 0 Å². The molecule has 0 bridgehead atoms. The van der Waals surface area contributed by atoms with Crippen molar-refractivity contribution in [3.63, 3.8) is 0 Å². The highest BCUT2D eigenvalue weighted by Gasteiger charge is 2.12. The molecule has 0 saturated carbocycles. The molecule has 20 heavy (non-hydrogen) atoms. The van der Waals surface area contributed by atoms with Gasteiger partial charge in [0.25, 0.3) is 0 Å². The quantitative estimate of drug-likeness (QED) is 0.542. The van der Waals surface area contributed by atoms with Gasteiger partial charge in [-0.1, -0.05) is 55.3 Å². The summed E-state index contributed by atoms with van der Waals surface area (Å²) in [7, 11) is 0. The van der Waals surface area contributed by atoms with E-state index in [-0.39, 0.29) is 0 Å². The topological polar surface area (TPSA) is 25.8 Å². The van der Waals surface area contributed by atoms with E-state index in [2.05, 4.69) is 72.6 Å². The molecule has 0 fully saturated rings. The van der Waals surface area contributed by atoms with Gasteiger partial charge < -0.3 is 0 Å². The Morgan fingerprint density at radius 3 is 2.65 bits per heavy atom. The zero-order valence-corrected chi connectivity index (χ0v) is 14.9. The molecule has 1 heterocycles. The second kappa shape index (κ2) is 6.85. The first kappa shape index (κ1) is 15.7. The molecule has 0 saturated heterocycles. The molecule has 0 spiro atoms. The van der Waals surface area contributed by atoms with E-state index in [1.807, 2.05) is 0 Å². The zero-order valence-electron chi connectivity index (χ0n) is 12.0. The maximum atomic E-state index is 6.24. The standard InChI is InChI=1S/C16H18ClIN2/c1-10(2)7-13-15(18)16(17)20-14(19-13)9-12-6-4-5-11(3)8-12/h4-6,8,10H,7,9H2,1-3H3. The zero-order chi connectivity index (χ0) is 14.7. The fourth-order valence-corrected chi connectivity index (χ4v) is 2.79. The molecule has 0 radical (unpaired) electrons. The summed E-state index contributed by atoms with van der Waals surface area (Å²) in [6, 6.07) is 8.42. The molecule has 1 aromatic carbocycles. The molecule has 0 N–H and O–H groups in total. The van der Waals surface area contributed by atoms with Crippen LogP contribution in [0.15, 0.2) is 24.3 Å². The van der Waals surface area contributed by atoms with Gasteiger partial charge in [-0.25, -0.2) is 9.97 Å². The highest BCUT2D eigenvalue weighted by Crippen LogP contribution is 2.22. The van der Waals surface area contributed by atoms with Gasteiger partial charge in [0, 0.05) is 6.42 Å². The molecule has 0 aliphatic rings. The number of rotatable bonds is 4. The van der Waals surface area contributed by atoms with Crippen LogP contribution in [0.1, 0.15) is 36.5 Å². The third kappa shape index (κ3) is 4.16. The lowest BCUT2D eigenvalue weighted by Gasteiger charge is -2.10. The van der Waals surface area contributed by atoms with Crippen molar-refractivity contribution in [3.8, 4) is 0 Å². The second-order valence-corrected chi connectivity index (χ2v) is 6.89. The van der Waals surface area contributed by atoms with Crippen LogP contribution in [0.2, 0.25) is 5.15 Å². The molecular weight excluding hydrogens is 383 g/mol. The van der Waals surface area contributed by atoms with E-state index in [1.165, 1.54) is 11.1 Å². The number of hydrogen-bond donors (Lipinski definition) is 0. The summed E-state index contributed by atoms with van der Waals surface area (Å²) in [4.78, 5) is 9.11. The van der Waals surface area contributed by atoms with E-state index in [1.54, 1.807) is 0 Å². The summed E-state index contributed by atoms with van der Waals surface area (Å²) >= 11 is 8.48. The van der Waals surface area contributed by atoms with Crippen LogP contribution < -0.4 is 0 Å². The highest BCUT2D eigenvalue weighted by atomic mass is 127. The lowest BCUT2D eigenvalue weighted by molar-refractivity contribution is 0.628. The number of hydrogen-bond acceptors (Lipinski definition) is 2. The van der Waals surface area contributed by atoms with E-state index >= 15 is 0 Å². The third-order valence-electron chi connectivity index (χ3n) is 2.97. The Balaban J connectivity index is 2.30. The Bertz CT molecular complexity index is 611. The fraction of sp³-hybridized carbons (Fsp3) is 0.375. The normalized spacial score (nSPS) is 11.1. The lowest BCUT2D eigenvalue weighted by atomic mass is 10.1. The molecule has 0 unspecified atom stereocenters. The minimum atomic E-state index is 0.557. The minimum absolute atomic E-state index is 0.557. The number of nitrogens with zero attached hydrogens (tertiary/aromatic N) is 2. The van der Waals surface area contributed by atoms with Crippen molar-refractivity contribution < 1.29 is 0 Å². The molecule has 0 aliphatic carbocycles. The molecule has 4 heteroatoms. The van der Waals surface area contributed by atoms with E-state index in [0.29, 0.717) is 11.1 Å². The summed E-state index contributed by atoms with van der Waals surface area (Å²) in [5.41, 5.74) is 3.53. The van der Waals surface area contributed by atoms with Gasteiger partial charge in [0.05, 0.1) is 9.26 Å². The summed E-state index contributed by atoms with van der Waals surface area (Å²) in [5, 5.41) is 0.568. The molecule has 1 aromatic heterocycles. The van der Waals surface area contributed by atoms with Crippen LogP contribution in [-0.2, 0) is 12.8 Å². The van der Waals surface area contributed by atoms with Crippen LogP contribution in [0.5, 0.6) is 0 Å². The number of aromatic nitrogens is 2. The molecule has 0 amide bonds. The van der Waals surface area contributed by atoms with E-state index < -0.39 is 0 Å². The Labute approximate surface area is 139 Å². The van der Waals surface area contributed by atoms with Crippen LogP contribution in [0, 0.1) is 16.4 Å². The van der Waals surface area contributed by atoms with Crippen molar-refractivity contribution in [1.29, 1.82) is 0 Å². The van der Waals surface area contributed by atoms with Crippen molar-refractivity contribution in [3.05, 3.63) is 55.6 Å². The van der Waals surface area contributed by atoms with Crippen LogP contribution >= 0.6 is 34.2 Å². The van der Waals surface area contributed by atoms with Gasteiger partial charge >= 0.3 is 0 Å². The Morgan fingerprint density at radius 2 is 2.00 bits per heavy atom. The molecule has 2 nitrogen and oxygen atoms in total. The second-order valence-electron chi connectivity index (χ2n) is 5.46. The number of halogens is 2. The fourth-order valence-electron chi connectivity index (χ4n) is 2.12. The third-order valence-corrected chi connectivity index (χ3v) is 4.70. The SMILES string of the molecule is Cc1cccc(Cc2nc(Cl)c(I)c(CC(C)C)n2)c1. The smallest absolute Gasteiger partial charge is 0.146 e. The maximum absolute atomic E-state index is 6.24. The van der Waals surface area contributed by atoms with E-state index in [0.717, 1.165) is 27.9 Å². The average Bonchev–Trinajstić information content (AvgIpc) is 2.35. The van der Waals surface area contributed by atoms with Crippen LogP contribution in [-0.4, -0.2) is 9.97 Å². The first-order chi connectivity index (χ1) is 9.45. The average molecular weight is 401 g/mol. The first-order valence-corrected chi connectivity index (χ1v) is 8.17. The maximum Gasteiger partial charge on any atom is 0.146 e. The Hall–Kier alpha value is -0.680. The lowest BCUT2D eigenvalue weighted by Crippen LogP contribution is -2.07.